The van der Waals surface area contributed by atoms with E-state index in [1.165, 1.54) is 12.8 Å². The first-order valence-corrected chi connectivity index (χ1v) is 11.2. The summed E-state index contributed by atoms with van der Waals surface area (Å²) in [7, 11) is 0. The van der Waals surface area contributed by atoms with Crippen molar-refractivity contribution >= 4 is 22.8 Å². The smallest absolute Gasteiger partial charge is 0.162 e. The SMILES string of the molecule is O=Cc1c(CO)ccc2cc(-c3ccc(C(=O)CCCC4CCNCC4)cc3)ccc12. The maximum absolute atomic E-state index is 12.6. The lowest BCUT2D eigenvalue weighted by Gasteiger charge is -2.22. The summed E-state index contributed by atoms with van der Waals surface area (Å²) in [6.45, 7) is 2.06. The van der Waals surface area contributed by atoms with Gasteiger partial charge in [0, 0.05) is 17.5 Å². The van der Waals surface area contributed by atoms with Gasteiger partial charge in [-0.2, -0.15) is 0 Å². The number of aliphatic hydroxyl groups excluding tert-OH is 1. The normalized spacial score (nSPS) is 14.6. The van der Waals surface area contributed by atoms with Crippen molar-refractivity contribution in [3.05, 3.63) is 71.3 Å². The lowest BCUT2D eigenvalue weighted by atomic mass is 9.91. The molecule has 4 nitrogen and oxygen atoms in total. The Kier molecular flexibility index (Phi) is 6.90. The number of ketones is 1. The first-order chi connectivity index (χ1) is 15.2. The van der Waals surface area contributed by atoms with E-state index in [2.05, 4.69) is 5.32 Å². The molecule has 3 aromatic carbocycles. The minimum absolute atomic E-state index is 0.154. The summed E-state index contributed by atoms with van der Waals surface area (Å²) in [5, 5.41) is 14.6. The number of Topliss-reactive ketones (excluding diaryl/α,β-unsaturated/α-hetero) is 1. The van der Waals surface area contributed by atoms with Gasteiger partial charge in [0.2, 0.25) is 0 Å². The number of fused-ring (bicyclic) bond motifs is 1. The summed E-state index contributed by atoms with van der Waals surface area (Å²) in [6, 6.07) is 17.5. The minimum Gasteiger partial charge on any atom is -0.392 e. The van der Waals surface area contributed by atoms with Crippen LogP contribution in [0.5, 0.6) is 0 Å². The third-order valence-corrected chi connectivity index (χ3v) is 6.46. The standard InChI is InChI=1S/C27H29NO3/c29-17-24-9-8-23-16-22(10-11-25(23)26(24)18-30)20-4-6-21(7-5-20)27(31)3-1-2-19-12-14-28-15-13-19/h4-11,16,18-19,28-29H,1-3,12-15,17H2. The Hall–Kier alpha value is -2.82. The van der Waals surface area contributed by atoms with E-state index in [0.29, 0.717) is 17.5 Å². The topological polar surface area (TPSA) is 66.4 Å². The number of aliphatic hydroxyl groups is 1. The predicted molar refractivity (Wildman–Crippen MR) is 124 cm³/mol. The van der Waals surface area contributed by atoms with Crippen LogP contribution in [0.3, 0.4) is 0 Å². The zero-order valence-electron chi connectivity index (χ0n) is 17.8. The molecule has 0 spiro atoms. The second-order valence-corrected chi connectivity index (χ2v) is 8.44. The van der Waals surface area contributed by atoms with Gasteiger partial charge in [-0.15, -0.1) is 0 Å². The highest BCUT2D eigenvalue weighted by Gasteiger charge is 2.14. The second-order valence-electron chi connectivity index (χ2n) is 8.44. The molecule has 1 saturated heterocycles. The number of hydrogen-bond donors (Lipinski definition) is 2. The van der Waals surface area contributed by atoms with Crippen LogP contribution < -0.4 is 5.32 Å². The molecule has 4 rings (SSSR count). The summed E-state index contributed by atoms with van der Waals surface area (Å²) >= 11 is 0. The second kappa shape index (κ2) is 9.99. The molecule has 0 atom stereocenters. The number of aldehydes is 1. The summed E-state index contributed by atoms with van der Waals surface area (Å²) < 4.78 is 0. The average molecular weight is 416 g/mol. The lowest BCUT2D eigenvalue weighted by Crippen LogP contribution is -2.27. The molecule has 31 heavy (non-hydrogen) atoms. The molecular formula is C27H29NO3. The maximum Gasteiger partial charge on any atom is 0.162 e. The largest absolute Gasteiger partial charge is 0.392 e. The molecule has 1 heterocycles. The van der Waals surface area contributed by atoms with Gasteiger partial charge in [0.15, 0.2) is 12.1 Å². The first kappa shape index (κ1) is 21.4. The molecule has 0 aromatic heterocycles. The monoisotopic (exact) mass is 415 g/mol. The van der Waals surface area contributed by atoms with Crippen LogP contribution in [-0.2, 0) is 6.61 Å². The molecule has 0 radical (unpaired) electrons. The number of piperidine rings is 1. The fourth-order valence-electron chi connectivity index (χ4n) is 4.57. The number of benzene rings is 3. The molecule has 1 aliphatic rings. The van der Waals surface area contributed by atoms with Crippen molar-refractivity contribution in [3.63, 3.8) is 0 Å². The highest BCUT2D eigenvalue weighted by Crippen LogP contribution is 2.28. The molecule has 3 aromatic rings. The van der Waals surface area contributed by atoms with E-state index >= 15 is 0 Å². The van der Waals surface area contributed by atoms with Crippen molar-refractivity contribution in [2.45, 2.75) is 38.7 Å². The Morgan fingerprint density at radius 2 is 1.74 bits per heavy atom. The van der Waals surface area contributed by atoms with Crippen LogP contribution >= 0.6 is 0 Å². The Morgan fingerprint density at radius 3 is 2.45 bits per heavy atom. The van der Waals surface area contributed by atoms with Crippen LogP contribution in [0.2, 0.25) is 0 Å². The minimum atomic E-state index is -0.154. The summed E-state index contributed by atoms with van der Waals surface area (Å²) in [5.74, 6) is 0.976. The van der Waals surface area contributed by atoms with Crippen molar-refractivity contribution in [2.75, 3.05) is 13.1 Å². The van der Waals surface area contributed by atoms with E-state index in [0.717, 1.165) is 65.6 Å². The molecule has 0 amide bonds. The molecule has 0 bridgehead atoms. The Labute approximate surface area is 183 Å². The Bertz CT molecular complexity index is 1070. The molecule has 0 saturated carbocycles. The van der Waals surface area contributed by atoms with Crippen LogP contribution in [0, 0.1) is 5.92 Å². The molecule has 0 unspecified atom stereocenters. The third-order valence-electron chi connectivity index (χ3n) is 6.46. The summed E-state index contributed by atoms with van der Waals surface area (Å²) in [4.78, 5) is 24.0. The van der Waals surface area contributed by atoms with E-state index in [1.54, 1.807) is 6.07 Å². The number of hydrogen-bond acceptors (Lipinski definition) is 4. The first-order valence-electron chi connectivity index (χ1n) is 11.2. The fourth-order valence-corrected chi connectivity index (χ4v) is 4.57. The number of nitrogens with one attached hydrogen (secondary N) is 1. The number of carbonyl (C=O) groups is 2. The van der Waals surface area contributed by atoms with E-state index in [-0.39, 0.29) is 12.4 Å². The van der Waals surface area contributed by atoms with Gasteiger partial charge in [0.25, 0.3) is 0 Å². The summed E-state index contributed by atoms with van der Waals surface area (Å²) in [6.07, 6.45) is 5.98. The maximum atomic E-state index is 12.6. The molecule has 1 aliphatic heterocycles. The molecule has 1 fully saturated rings. The van der Waals surface area contributed by atoms with Gasteiger partial charge in [-0.3, -0.25) is 9.59 Å². The van der Waals surface area contributed by atoms with E-state index in [1.807, 2.05) is 48.5 Å². The quantitative estimate of drug-likeness (QED) is 0.394. The lowest BCUT2D eigenvalue weighted by molar-refractivity contribution is 0.0976. The van der Waals surface area contributed by atoms with Crippen molar-refractivity contribution in [3.8, 4) is 11.1 Å². The molecule has 0 aliphatic carbocycles. The van der Waals surface area contributed by atoms with Gasteiger partial charge < -0.3 is 10.4 Å². The van der Waals surface area contributed by atoms with Gasteiger partial charge in [0.1, 0.15) is 0 Å². The van der Waals surface area contributed by atoms with Crippen LogP contribution in [0.15, 0.2) is 54.6 Å². The van der Waals surface area contributed by atoms with Crippen molar-refractivity contribution in [2.24, 2.45) is 5.92 Å². The number of rotatable bonds is 8. The summed E-state index contributed by atoms with van der Waals surface area (Å²) in [5.41, 5.74) is 4.01. The van der Waals surface area contributed by atoms with Crippen LogP contribution in [0.4, 0.5) is 0 Å². The molecule has 160 valence electrons. The van der Waals surface area contributed by atoms with Crippen LogP contribution in [0.25, 0.3) is 21.9 Å². The zero-order valence-corrected chi connectivity index (χ0v) is 17.8. The van der Waals surface area contributed by atoms with Gasteiger partial charge in [-0.05, 0) is 78.2 Å². The molecule has 4 heteroatoms. The van der Waals surface area contributed by atoms with Gasteiger partial charge in [0.05, 0.1) is 6.61 Å². The predicted octanol–water partition coefficient (Wildman–Crippen LogP) is 5.16. The van der Waals surface area contributed by atoms with Gasteiger partial charge in [-0.25, -0.2) is 0 Å². The Balaban J connectivity index is 1.44. The Morgan fingerprint density at radius 1 is 1.00 bits per heavy atom. The third kappa shape index (κ3) is 4.92. The number of carbonyl (C=O) groups excluding carboxylic acids is 2. The van der Waals surface area contributed by atoms with E-state index in [9.17, 15) is 14.7 Å². The highest BCUT2D eigenvalue weighted by molar-refractivity contribution is 6.01. The fraction of sp³-hybridized carbons (Fsp3) is 0.333. The van der Waals surface area contributed by atoms with Gasteiger partial charge in [-0.1, -0.05) is 48.5 Å². The van der Waals surface area contributed by atoms with Crippen molar-refractivity contribution in [1.29, 1.82) is 0 Å². The van der Waals surface area contributed by atoms with Gasteiger partial charge >= 0.3 is 0 Å². The van der Waals surface area contributed by atoms with Crippen molar-refractivity contribution in [1.82, 2.24) is 5.32 Å². The van der Waals surface area contributed by atoms with Crippen LogP contribution in [0.1, 0.15) is 58.4 Å². The van der Waals surface area contributed by atoms with Crippen LogP contribution in [-0.4, -0.2) is 30.3 Å². The van der Waals surface area contributed by atoms with E-state index < -0.39 is 0 Å². The zero-order chi connectivity index (χ0) is 21.6. The molecular weight excluding hydrogens is 386 g/mol. The average Bonchev–Trinajstić information content (AvgIpc) is 2.83. The van der Waals surface area contributed by atoms with Crippen molar-refractivity contribution < 1.29 is 14.7 Å². The van der Waals surface area contributed by atoms with E-state index in [4.69, 9.17) is 0 Å². The molecule has 2 N–H and O–H groups in total. The highest BCUT2D eigenvalue weighted by atomic mass is 16.3.